The molecule has 1 aliphatic heterocycles. The summed E-state index contributed by atoms with van der Waals surface area (Å²) in [7, 11) is 0. The number of nitrogens with zero attached hydrogens (tertiary/aromatic N) is 1. The van der Waals surface area contributed by atoms with Crippen molar-refractivity contribution in [3.05, 3.63) is 63.9 Å². The summed E-state index contributed by atoms with van der Waals surface area (Å²) >= 11 is 1.68. The molecule has 2 aromatic rings. The van der Waals surface area contributed by atoms with Crippen molar-refractivity contribution in [3.8, 4) is 6.07 Å². The van der Waals surface area contributed by atoms with E-state index in [9.17, 15) is 5.26 Å². The molecular formula is C20H21NO2S. The van der Waals surface area contributed by atoms with E-state index in [1.165, 1.54) is 4.88 Å². The third kappa shape index (κ3) is 3.69. The number of thiophene rings is 1. The standard InChI is InChI=1S/C20H21NO2S/c1-14(2)13-22-19-11-16(18-9-6-10-24-18)17(12-21)20(23-19)15-7-4-3-5-8-15/h3-10,14,16,19H,11,13H2,1-2H3. The number of rotatable bonds is 5. The molecular weight excluding hydrogens is 318 g/mol. The van der Waals surface area contributed by atoms with Crippen LogP contribution in [-0.4, -0.2) is 12.9 Å². The number of ether oxygens (including phenoxy) is 2. The molecule has 124 valence electrons. The van der Waals surface area contributed by atoms with Gasteiger partial charge in [0.25, 0.3) is 0 Å². The van der Waals surface area contributed by atoms with Gasteiger partial charge in [-0.3, -0.25) is 0 Å². The minimum atomic E-state index is -0.327. The molecule has 0 aliphatic carbocycles. The average molecular weight is 339 g/mol. The van der Waals surface area contributed by atoms with Crippen molar-refractivity contribution in [1.82, 2.24) is 0 Å². The first-order chi connectivity index (χ1) is 11.7. The second-order valence-electron chi connectivity index (χ2n) is 6.30. The van der Waals surface area contributed by atoms with Crippen molar-refractivity contribution in [3.63, 3.8) is 0 Å². The fourth-order valence-corrected chi connectivity index (χ4v) is 3.65. The summed E-state index contributed by atoms with van der Waals surface area (Å²) in [6.07, 6.45) is 0.346. The van der Waals surface area contributed by atoms with Crippen molar-refractivity contribution < 1.29 is 9.47 Å². The first-order valence-electron chi connectivity index (χ1n) is 8.20. The van der Waals surface area contributed by atoms with Crippen molar-refractivity contribution in [2.24, 2.45) is 5.92 Å². The number of nitriles is 1. The molecule has 1 aromatic heterocycles. The monoisotopic (exact) mass is 339 g/mol. The molecule has 4 heteroatoms. The van der Waals surface area contributed by atoms with Gasteiger partial charge in [-0.2, -0.15) is 5.26 Å². The molecule has 0 spiro atoms. The van der Waals surface area contributed by atoms with E-state index in [1.807, 2.05) is 41.8 Å². The summed E-state index contributed by atoms with van der Waals surface area (Å²) < 4.78 is 12.1. The summed E-state index contributed by atoms with van der Waals surface area (Å²) in [5.74, 6) is 1.11. The Morgan fingerprint density at radius 3 is 2.67 bits per heavy atom. The Morgan fingerprint density at radius 1 is 1.25 bits per heavy atom. The van der Waals surface area contributed by atoms with Crippen LogP contribution >= 0.6 is 11.3 Å². The SMILES string of the molecule is CC(C)COC1CC(c2cccs2)C(C#N)=C(c2ccccc2)O1. The topological polar surface area (TPSA) is 42.2 Å². The maximum Gasteiger partial charge on any atom is 0.200 e. The molecule has 0 saturated heterocycles. The lowest BCUT2D eigenvalue weighted by Gasteiger charge is -2.32. The van der Waals surface area contributed by atoms with Crippen LogP contribution in [-0.2, 0) is 9.47 Å². The number of hydrogen-bond acceptors (Lipinski definition) is 4. The predicted octanol–water partition coefficient (Wildman–Crippen LogP) is 5.19. The molecule has 2 atom stereocenters. The fourth-order valence-electron chi connectivity index (χ4n) is 2.80. The van der Waals surface area contributed by atoms with Crippen molar-refractivity contribution in [2.75, 3.05) is 6.61 Å². The van der Waals surface area contributed by atoms with E-state index in [0.29, 0.717) is 30.3 Å². The van der Waals surface area contributed by atoms with Gasteiger partial charge in [0.05, 0.1) is 18.2 Å². The molecule has 3 nitrogen and oxygen atoms in total. The predicted molar refractivity (Wildman–Crippen MR) is 96.3 cm³/mol. The van der Waals surface area contributed by atoms with E-state index in [1.54, 1.807) is 11.3 Å². The third-order valence-corrected chi connectivity index (χ3v) is 4.92. The van der Waals surface area contributed by atoms with Crippen LogP contribution in [0.4, 0.5) is 0 Å². The lowest BCUT2D eigenvalue weighted by molar-refractivity contribution is -0.116. The summed E-state index contributed by atoms with van der Waals surface area (Å²) in [5.41, 5.74) is 1.61. The van der Waals surface area contributed by atoms with Crippen LogP contribution in [0.2, 0.25) is 0 Å². The van der Waals surface area contributed by atoms with Crippen molar-refractivity contribution in [2.45, 2.75) is 32.5 Å². The molecule has 0 amide bonds. The third-order valence-electron chi connectivity index (χ3n) is 3.93. The Labute approximate surface area is 147 Å². The molecule has 2 heterocycles. The zero-order valence-electron chi connectivity index (χ0n) is 13.9. The lowest BCUT2D eigenvalue weighted by Crippen LogP contribution is -2.27. The van der Waals surface area contributed by atoms with Crippen LogP contribution in [0, 0.1) is 17.2 Å². The van der Waals surface area contributed by atoms with Crippen LogP contribution in [0.15, 0.2) is 53.4 Å². The first kappa shape index (κ1) is 16.8. The highest BCUT2D eigenvalue weighted by Crippen LogP contribution is 2.42. The van der Waals surface area contributed by atoms with E-state index in [4.69, 9.17) is 9.47 Å². The average Bonchev–Trinajstić information content (AvgIpc) is 3.14. The maximum atomic E-state index is 9.77. The largest absolute Gasteiger partial charge is 0.463 e. The highest BCUT2D eigenvalue weighted by Gasteiger charge is 2.33. The van der Waals surface area contributed by atoms with Gasteiger partial charge in [-0.15, -0.1) is 11.3 Å². The van der Waals surface area contributed by atoms with Gasteiger partial charge >= 0.3 is 0 Å². The van der Waals surface area contributed by atoms with Crippen LogP contribution in [0.1, 0.15) is 36.6 Å². The van der Waals surface area contributed by atoms with Gasteiger partial charge in [-0.25, -0.2) is 0 Å². The fraction of sp³-hybridized carbons (Fsp3) is 0.350. The van der Waals surface area contributed by atoms with E-state index in [-0.39, 0.29) is 12.2 Å². The molecule has 1 aromatic carbocycles. The molecule has 1 aliphatic rings. The second kappa shape index (κ2) is 7.65. The maximum absolute atomic E-state index is 9.77. The Hall–Kier alpha value is -2.09. The Bertz CT molecular complexity index is 729. The second-order valence-corrected chi connectivity index (χ2v) is 7.28. The minimum absolute atomic E-state index is 0.0242. The number of benzene rings is 1. The van der Waals surface area contributed by atoms with E-state index >= 15 is 0 Å². The molecule has 0 saturated carbocycles. The van der Waals surface area contributed by atoms with Crippen molar-refractivity contribution >= 4 is 17.1 Å². The van der Waals surface area contributed by atoms with E-state index < -0.39 is 0 Å². The summed E-state index contributed by atoms with van der Waals surface area (Å²) in [4.78, 5) is 1.18. The molecule has 0 N–H and O–H groups in total. The Morgan fingerprint density at radius 2 is 2.04 bits per heavy atom. The molecule has 24 heavy (non-hydrogen) atoms. The van der Waals surface area contributed by atoms with Crippen LogP contribution in [0.3, 0.4) is 0 Å². The molecule has 3 rings (SSSR count). The van der Waals surface area contributed by atoms with Crippen LogP contribution in [0.5, 0.6) is 0 Å². The Kier molecular flexibility index (Phi) is 5.34. The molecule has 0 bridgehead atoms. The summed E-state index contributed by atoms with van der Waals surface area (Å²) in [5, 5.41) is 11.8. The zero-order valence-corrected chi connectivity index (χ0v) is 14.8. The van der Waals surface area contributed by atoms with Gasteiger partial charge < -0.3 is 9.47 Å². The highest BCUT2D eigenvalue weighted by molar-refractivity contribution is 7.10. The van der Waals surface area contributed by atoms with Crippen molar-refractivity contribution in [1.29, 1.82) is 5.26 Å². The van der Waals surface area contributed by atoms with Crippen LogP contribution in [0.25, 0.3) is 5.76 Å². The molecule has 2 unspecified atom stereocenters. The minimum Gasteiger partial charge on any atom is -0.463 e. The van der Waals surface area contributed by atoms with Gasteiger partial charge in [-0.1, -0.05) is 50.2 Å². The smallest absolute Gasteiger partial charge is 0.200 e. The highest BCUT2D eigenvalue weighted by atomic mass is 32.1. The first-order valence-corrected chi connectivity index (χ1v) is 9.08. The van der Waals surface area contributed by atoms with Gasteiger partial charge in [0.15, 0.2) is 0 Å². The summed E-state index contributed by atoms with van der Waals surface area (Å²) in [6.45, 7) is 4.88. The quantitative estimate of drug-likeness (QED) is 0.753. The normalized spacial score (nSPS) is 20.8. The summed E-state index contributed by atoms with van der Waals surface area (Å²) in [6, 6.07) is 16.3. The molecule has 0 fully saturated rings. The number of allylic oxidation sites excluding steroid dienone is 1. The van der Waals surface area contributed by atoms with E-state index in [2.05, 4.69) is 26.0 Å². The van der Waals surface area contributed by atoms with Gasteiger partial charge in [0, 0.05) is 22.8 Å². The zero-order chi connectivity index (χ0) is 16.9. The lowest BCUT2D eigenvalue weighted by atomic mass is 9.89. The van der Waals surface area contributed by atoms with Gasteiger partial charge in [0.2, 0.25) is 6.29 Å². The molecule has 0 radical (unpaired) electrons. The Balaban J connectivity index is 1.98. The van der Waals surface area contributed by atoms with E-state index in [0.717, 1.165) is 5.56 Å². The van der Waals surface area contributed by atoms with Gasteiger partial charge in [-0.05, 0) is 17.4 Å². The van der Waals surface area contributed by atoms with Crippen LogP contribution < -0.4 is 0 Å². The van der Waals surface area contributed by atoms with Gasteiger partial charge in [0.1, 0.15) is 5.76 Å². The number of hydrogen-bond donors (Lipinski definition) is 0.